The third-order valence-corrected chi connectivity index (χ3v) is 6.47. The summed E-state index contributed by atoms with van der Waals surface area (Å²) in [5, 5.41) is 8.79. The molecule has 0 saturated heterocycles. The predicted octanol–water partition coefficient (Wildman–Crippen LogP) is 1.91. The summed E-state index contributed by atoms with van der Waals surface area (Å²) >= 11 is 1.63. The zero-order valence-corrected chi connectivity index (χ0v) is 13.4. The lowest BCUT2D eigenvalue weighted by atomic mass is 10.0. The van der Waals surface area contributed by atoms with Gasteiger partial charge < -0.3 is 10.1 Å². The largest absolute Gasteiger partial charge is 0.477 e. The van der Waals surface area contributed by atoms with Crippen LogP contribution in [0.3, 0.4) is 0 Å². The maximum absolute atomic E-state index is 12.1. The lowest BCUT2D eigenvalue weighted by molar-refractivity contribution is 0.0691. The van der Waals surface area contributed by atoms with Crippen molar-refractivity contribution in [2.75, 3.05) is 12.8 Å². The monoisotopic (exact) mass is 320 g/mol. The fourth-order valence-corrected chi connectivity index (χ4v) is 3.83. The van der Waals surface area contributed by atoms with Crippen molar-refractivity contribution < 1.29 is 18.3 Å². The quantitative estimate of drug-likeness (QED) is 0.679. The molecular weight excluding hydrogens is 300 g/mol. The fourth-order valence-electron chi connectivity index (χ4n) is 1.82. The van der Waals surface area contributed by atoms with Crippen molar-refractivity contribution in [2.45, 2.75) is 36.3 Å². The molecule has 8 heteroatoms. The van der Waals surface area contributed by atoms with E-state index < -0.39 is 16.0 Å². The molecule has 0 aromatic carbocycles. The number of carbonyl (C=O) groups is 1. The summed E-state index contributed by atoms with van der Waals surface area (Å²) in [5.41, 5.74) is -0.146. The first-order chi connectivity index (χ1) is 9.30. The van der Waals surface area contributed by atoms with Crippen LogP contribution in [0.15, 0.2) is 17.2 Å². The Labute approximate surface area is 123 Å². The first kappa shape index (κ1) is 17.1. The maximum atomic E-state index is 12.1. The van der Waals surface area contributed by atoms with Crippen molar-refractivity contribution in [1.29, 1.82) is 0 Å². The molecule has 3 N–H and O–H groups in total. The van der Waals surface area contributed by atoms with Gasteiger partial charge in [-0.1, -0.05) is 13.8 Å². The molecule has 0 aliphatic heterocycles. The van der Waals surface area contributed by atoms with E-state index in [9.17, 15) is 13.2 Å². The van der Waals surface area contributed by atoms with Crippen LogP contribution in [0, 0.1) is 0 Å². The van der Waals surface area contributed by atoms with Crippen molar-refractivity contribution in [3.63, 3.8) is 0 Å². The second kappa shape index (κ2) is 6.64. The molecule has 0 amide bonds. The van der Waals surface area contributed by atoms with Gasteiger partial charge in [-0.05, 0) is 25.2 Å². The minimum Gasteiger partial charge on any atom is -0.477 e. The van der Waals surface area contributed by atoms with Gasteiger partial charge in [0.05, 0.1) is 0 Å². The van der Waals surface area contributed by atoms with Crippen molar-refractivity contribution in [1.82, 2.24) is 9.71 Å². The Bertz CT molecular complexity index is 554. The van der Waals surface area contributed by atoms with Crippen LogP contribution in [0.4, 0.5) is 0 Å². The van der Waals surface area contributed by atoms with E-state index in [4.69, 9.17) is 5.11 Å². The van der Waals surface area contributed by atoms with E-state index in [0.717, 1.165) is 18.9 Å². The van der Waals surface area contributed by atoms with Gasteiger partial charge in [-0.3, -0.25) is 0 Å². The molecule has 0 fully saturated rings. The molecule has 114 valence electrons. The van der Waals surface area contributed by atoms with E-state index >= 15 is 0 Å². The zero-order valence-electron chi connectivity index (χ0n) is 11.8. The average Bonchev–Trinajstić information content (AvgIpc) is 2.91. The highest BCUT2D eigenvalue weighted by Crippen LogP contribution is 2.30. The van der Waals surface area contributed by atoms with Gasteiger partial charge in [-0.25, -0.2) is 17.9 Å². The van der Waals surface area contributed by atoms with Gasteiger partial charge in [0.1, 0.15) is 10.6 Å². The van der Waals surface area contributed by atoms with Gasteiger partial charge in [-0.2, -0.15) is 11.8 Å². The van der Waals surface area contributed by atoms with Crippen LogP contribution in [-0.4, -0.2) is 42.0 Å². The number of aromatic carboxylic acids is 1. The van der Waals surface area contributed by atoms with Crippen LogP contribution in [0.5, 0.6) is 0 Å². The molecule has 0 atom stereocenters. The van der Waals surface area contributed by atoms with Gasteiger partial charge in [0.2, 0.25) is 10.0 Å². The summed E-state index contributed by atoms with van der Waals surface area (Å²) in [4.78, 5) is 13.1. The van der Waals surface area contributed by atoms with E-state index in [1.165, 1.54) is 6.20 Å². The molecule has 1 aromatic heterocycles. The Kier molecular flexibility index (Phi) is 5.67. The molecule has 0 unspecified atom stereocenters. The third kappa shape index (κ3) is 3.77. The molecule has 1 aromatic rings. The average molecular weight is 320 g/mol. The van der Waals surface area contributed by atoms with Crippen molar-refractivity contribution in [3.8, 4) is 0 Å². The summed E-state index contributed by atoms with van der Waals surface area (Å²) in [7, 11) is -3.69. The third-order valence-electron chi connectivity index (χ3n) is 3.50. The SMILES string of the molecule is CCC(CC)(CNS(=O)(=O)c1c[nH]c(C(=O)O)c1)SC. The van der Waals surface area contributed by atoms with Crippen LogP contribution in [0.25, 0.3) is 0 Å². The highest BCUT2D eigenvalue weighted by molar-refractivity contribution is 8.00. The minimum absolute atomic E-state index is 0.0582. The molecule has 1 rings (SSSR count). The molecule has 0 bridgehead atoms. The normalized spacial score (nSPS) is 12.6. The Hall–Kier alpha value is -0.990. The number of thioether (sulfide) groups is 1. The molecule has 1 heterocycles. The van der Waals surface area contributed by atoms with Gasteiger partial charge in [0.15, 0.2) is 0 Å². The number of aromatic amines is 1. The summed E-state index contributed by atoms with van der Waals surface area (Å²) < 4.78 is 26.7. The maximum Gasteiger partial charge on any atom is 0.352 e. The number of hydrogen-bond acceptors (Lipinski definition) is 4. The van der Waals surface area contributed by atoms with E-state index in [-0.39, 0.29) is 15.3 Å². The lowest BCUT2D eigenvalue weighted by Gasteiger charge is -2.29. The van der Waals surface area contributed by atoms with E-state index in [2.05, 4.69) is 9.71 Å². The molecule has 0 saturated carbocycles. The van der Waals surface area contributed by atoms with Gasteiger partial charge in [0.25, 0.3) is 0 Å². The molecule has 6 nitrogen and oxygen atoms in total. The van der Waals surface area contributed by atoms with Crippen molar-refractivity contribution in [3.05, 3.63) is 18.0 Å². The van der Waals surface area contributed by atoms with Crippen LogP contribution < -0.4 is 4.72 Å². The number of hydrogen-bond donors (Lipinski definition) is 3. The standard InChI is InChI=1S/C12H20N2O4S2/c1-4-12(5-2,19-3)8-14-20(17,18)9-6-10(11(15)16)13-7-9/h6-7,13-14H,4-5,8H2,1-3H3,(H,15,16). The molecule has 0 radical (unpaired) electrons. The Balaban J connectivity index is 2.87. The number of nitrogens with one attached hydrogen (secondary N) is 2. The van der Waals surface area contributed by atoms with Gasteiger partial charge in [-0.15, -0.1) is 0 Å². The highest BCUT2D eigenvalue weighted by atomic mass is 32.2. The second-order valence-corrected chi connectivity index (χ2v) is 7.51. The van der Waals surface area contributed by atoms with E-state index in [1.807, 2.05) is 20.1 Å². The number of carboxylic acid groups (broad SMARTS) is 1. The Morgan fingerprint density at radius 1 is 1.45 bits per heavy atom. The zero-order chi connectivity index (χ0) is 15.4. The Morgan fingerprint density at radius 3 is 2.45 bits per heavy atom. The number of aromatic nitrogens is 1. The number of sulfonamides is 1. The number of rotatable bonds is 8. The van der Waals surface area contributed by atoms with E-state index in [1.54, 1.807) is 11.8 Å². The van der Waals surface area contributed by atoms with Crippen LogP contribution in [0.2, 0.25) is 0 Å². The lowest BCUT2D eigenvalue weighted by Crippen LogP contribution is -2.39. The second-order valence-electron chi connectivity index (χ2n) is 4.47. The van der Waals surface area contributed by atoms with E-state index in [0.29, 0.717) is 6.54 Å². The van der Waals surface area contributed by atoms with Crippen LogP contribution in [-0.2, 0) is 10.0 Å². The van der Waals surface area contributed by atoms with Gasteiger partial charge >= 0.3 is 5.97 Å². The predicted molar refractivity (Wildman–Crippen MR) is 79.8 cm³/mol. The number of H-pyrrole nitrogens is 1. The first-order valence-electron chi connectivity index (χ1n) is 6.26. The topological polar surface area (TPSA) is 99.3 Å². The van der Waals surface area contributed by atoms with Gasteiger partial charge in [0, 0.05) is 17.5 Å². The summed E-state index contributed by atoms with van der Waals surface area (Å²) in [5.74, 6) is -1.19. The summed E-state index contributed by atoms with van der Waals surface area (Å²) in [6, 6.07) is 1.11. The molecule has 0 spiro atoms. The molecule has 0 aliphatic rings. The highest BCUT2D eigenvalue weighted by Gasteiger charge is 2.28. The smallest absolute Gasteiger partial charge is 0.352 e. The molecule has 20 heavy (non-hydrogen) atoms. The van der Waals surface area contributed by atoms with Crippen LogP contribution in [0.1, 0.15) is 37.2 Å². The first-order valence-corrected chi connectivity index (χ1v) is 8.97. The molecule has 0 aliphatic carbocycles. The molecular formula is C12H20N2O4S2. The van der Waals surface area contributed by atoms with Crippen molar-refractivity contribution in [2.24, 2.45) is 0 Å². The number of carboxylic acids is 1. The fraction of sp³-hybridized carbons (Fsp3) is 0.583. The Morgan fingerprint density at radius 2 is 2.05 bits per heavy atom. The summed E-state index contributed by atoms with van der Waals surface area (Å²) in [6.45, 7) is 4.36. The van der Waals surface area contributed by atoms with Crippen LogP contribution >= 0.6 is 11.8 Å². The van der Waals surface area contributed by atoms with Crippen molar-refractivity contribution >= 4 is 27.8 Å². The summed E-state index contributed by atoms with van der Waals surface area (Å²) in [6.07, 6.45) is 4.84. The minimum atomic E-state index is -3.69.